The maximum atomic E-state index is 3.44. The van der Waals surface area contributed by atoms with Gasteiger partial charge in [-0.1, -0.05) is 13.3 Å². The van der Waals surface area contributed by atoms with Crippen LogP contribution in [-0.4, -0.2) is 13.1 Å². The van der Waals surface area contributed by atoms with E-state index in [1.807, 2.05) is 0 Å². The number of rotatable bonds is 3. The van der Waals surface area contributed by atoms with Gasteiger partial charge < -0.3 is 5.32 Å². The van der Waals surface area contributed by atoms with E-state index in [2.05, 4.69) is 12.2 Å². The number of hydrogen-bond acceptors (Lipinski definition) is 1. The fourth-order valence-corrected chi connectivity index (χ4v) is 2.74. The summed E-state index contributed by atoms with van der Waals surface area (Å²) in [5.74, 6) is 1.02. The van der Waals surface area contributed by atoms with Crippen LogP contribution in [0.3, 0.4) is 0 Å². The first-order valence-electron chi connectivity index (χ1n) is 5.05. The van der Waals surface area contributed by atoms with Gasteiger partial charge >= 0.3 is 0 Å². The Hall–Kier alpha value is -0.0400. The van der Waals surface area contributed by atoms with Crippen LogP contribution in [0.4, 0.5) is 0 Å². The molecule has 11 heavy (non-hydrogen) atoms. The van der Waals surface area contributed by atoms with Crippen LogP contribution in [0.1, 0.15) is 39.0 Å². The third-order valence-electron chi connectivity index (χ3n) is 3.54. The molecule has 1 nitrogen and oxygen atoms in total. The lowest BCUT2D eigenvalue weighted by Gasteiger charge is -2.54. The Morgan fingerprint density at radius 1 is 1.36 bits per heavy atom. The molecule has 0 aromatic rings. The minimum absolute atomic E-state index is 0.875. The maximum Gasteiger partial charge on any atom is -0.00202 e. The van der Waals surface area contributed by atoms with Gasteiger partial charge in [0.25, 0.3) is 0 Å². The monoisotopic (exact) mass is 153 g/mol. The number of hydrogen-bond donors (Lipinski definition) is 1. The average Bonchev–Trinajstić information content (AvgIpc) is 1.81. The zero-order valence-electron chi connectivity index (χ0n) is 7.53. The standard InChI is InChI=1S/C10H19N/c1-2-11-8-9-6-10(7-9)4-3-5-10/h9,11H,2-8H2,1H3. The Morgan fingerprint density at radius 3 is 2.55 bits per heavy atom. The molecule has 2 rings (SSSR count). The van der Waals surface area contributed by atoms with E-state index < -0.39 is 0 Å². The highest BCUT2D eigenvalue weighted by Gasteiger charge is 2.47. The Kier molecular flexibility index (Phi) is 1.92. The van der Waals surface area contributed by atoms with Crippen LogP contribution in [0, 0.1) is 11.3 Å². The van der Waals surface area contributed by atoms with Crippen LogP contribution in [0.2, 0.25) is 0 Å². The minimum Gasteiger partial charge on any atom is -0.317 e. The van der Waals surface area contributed by atoms with E-state index in [1.165, 1.54) is 38.6 Å². The van der Waals surface area contributed by atoms with Gasteiger partial charge in [-0.3, -0.25) is 0 Å². The Morgan fingerprint density at radius 2 is 2.09 bits per heavy atom. The molecule has 0 saturated heterocycles. The molecule has 0 aromatic heterocycles. The fourth-order valence-electron chi connectivity index (χ4n) is 2.74. The van der Waals surface area contributed by atoms with Crippen molar-refractivity contribution in [2.75, 3.05) is 13.1 Å². The molecule has 1 spiro atoms. The smallest absolute Gasteiger partial charge is 0.00202 e. The summed E-state index contributed by atoms with van der Waals surface area (Å²) in [6, 6.07) is 0. The second kappa shape index (κ2) is 2.78. The second-order valence-corrected chi connectivity index (χ2v) is 4.44. The highest BCUT2D eigenvalue weighted by atomic mass is 14.9. The third kappa shape index (κ3) is 1.31. The zero-order chi connectivity index (χ0) is 7.73. The van der Waals surface area contributed by atoms with Crippen LogP contribution in [0.25, 0.3) is 0 Å². The Balaban J connectivity index is 1.63. The molecule has 1 N–H and O–H groups in total. The molecule has 0 radical (unpaired) electrons. The molecule has 0 aliphatic heterocycles. The molecule has 0 atom stereocenters. The summed E-state index contributed by atoms with van der Waals surface area (Å²) < 4.78 is 0. The molecular weight excluding hydrogens is 134 g/mol. The molecule has 2 aliphatic carbocycles. The van der Waals surface area contributed by atoms with Crippen molar-refractivity contribution in [3.8, 4) is 0 Å². The predicted molar refractivity (Wildman–Crippen MR) is 47.6 cm³/mol. The summed E-state index contributed by atoms with van der Waals surface area (Å²) in [5, 5.41) is 3.44. The van der Waals surface area contributed by atoms with Crippen LogP contribution >= 0.6 is 0 Å². The first-order chi connectivity index (χ1) is 5.35. The van der Waals surface area contributed by atoms with Crippen molar-refractivity contribution in [2.45, 2.75) is 39.0 Å². The summed E-state index contributed by atoms with van der Waals surface area (Å²) in [7, 11) is 0. The molecule has 2 fully saturated rings. The lowest BCUT2D eigenvalue weighted by Crippen LogP contribution is -2.46. The lowest BCUT2D eigenvalue weighted by molar-refractivity contribution is -0.0233. The number of nitrogens with one attached hydrogen (secondary N) is 1. The first kappa shape index (κ1) is 7.60. The van der Waals surface area contributed by atoms with Crippen LogP contribution in [-0.2, 0) is 0 Å². The molecule has 64 valence electrons. The van der Waals surface area contributed by atoms with E-state index in [0.29, 0.717) is 0 Å². The molecule has 1 heteroatoms. The molecule has 2 aliphatic rings. The van der Waals surface area contributed by atoms with Gasteiger partial charge in [0, 0.05) is 0 Å². The van der Waals surface area contributed by atoms with Gasteiger partial charge in [-0.25, -0.2) is 0 Å². The van der Waals surface area contributed by atoms with Gasteiger partial charge in [0.05, 0.1) is 0 Å². The molecule has 2 saturated carbocycles. The van der Waals surface area contributed by atoms with E-state index >= 15 is 0 Å². The topological polar surface area (TPSA) is 12.0 Å². The third-order valence-corrected chi connectivity index (χ3v) is 3.54. The van der Waals surface area contributed by atoms with Gasteiger partial charge in [0.1, 0.15) is 0 Å². The van der Waals surface area contributed by atoms with Crippen LogP contribution in [0.5, 0.6) is 0 Å². The van der Waals surface area contributed by atoms with Crippen molar-refractivity contribution in [2.24, 2.45) is 11.3 Å². The normalized spacial score (nSPS) is 28.1. The van der Waals surface area contributed by atoms with Gasteiger partial charge in [-0.15, -0.1) is 0 Å². The average molecular weight is 153 g/mol. The highest BCUT2D eigenvalue weighted by molar-refractivity contribution is 4.99. The summed E-state index contributed by atoms with van der Waals surface area (Å²) in [4.78, 5) is 0. The van der Waals surface area contributed by atoms with Gasteiger partial charge in [-0.2, -0.15) is 0 Å². The molecule has 0 amide bonds. The Labute approximate surface area is 69.6 Å². The van der Waals surface area contributed by atoms with Gasteiger partial charge in [0.2, 0.25) is 0 Å². The fraction of sp³-hybridized carbons (Fsp3) is 1.00. The van der Waals surface area contributed by atoms with Crippen molar-refractivity contribution < 1.29 is 0 Å². The van der Waals surface area contributed by atoms with E-state index in [9.17, 15) is 0 Å². The Bertz CT molecular complexity index is 130. The predicted octanol–water partition coefficient (Wildman–Crippen LogP) is 2.18. The van der Waals surface area contributed by atoms with Crippen molar-refractivity contribution in [3.63, 3.8) is 0 Å². The van der Waals surface area contributed by atoms with Gasteiger partial charge in [0.15, 0.2) is 0 Å². The van der Waals surface area contributed by atoms with Gasteiger partial charge in [-0.05, 0) is 50.1 Å². The van der Waals surface area contributed by atoms with E-state index in [1.54, 1.807) is 0 Å². The molecule has 0 aromatic carbocycles. The second-order valence-electron chi connectivity index (χ2n) is 4.44. The van der Waals surface area contributed by atoms with E-state index in [-0.39, 0.29) is 0 Å². The SMILES string of the molecule is CCNCC1CC2(CCC2)C1. The summed E-state index contributed by atoms with van der Waals surface area (Å²) in [5.41, 5.74) is 0.875. The summed E-state index contributed by atoms with van der Waals surface area (Å²) in [6.07, 6.45) is 7.64. The van der Waals surface area contributed by atoms with Crippen LogP contribution < -0.4 is 5.32 Å². The largest absolute Gasteiger partial charge is 0.317 e. The summed E-state index contributed by atoms with van der Waals surface area (Å²) in [6.45, 7) is 4.61. The van der Waals surface area contributed by atoms with Crippen molar-refractivity contribution in [3.05, 3.63) is 0 Å². The molecular formula is C10H19N. The molecule has 0 heterocycles. The summed E-state index contributed by atoms with van der Waals surface area (Å²) >= 11 is 0. The van der Waals surface area contributed by atoms with Crippen LogP contribution in [0.15, 0.2) is 0 Å². The van der Waals surface area contributed by atoms with E-state index in [4.69, 9.17) is 0 Å². The van der Waals surface area contributed by atoms with Crippen molar-refractivity contribution >= 4 is 0 Å². The molecule has 0 bridgehead atoms. The minimum atomic E-state index is 0.875. The highest BCUT2D eigenvalue weighted by Crippen LogP contribution is 2.58. The molecule has 0 unspecified atom stereocenters. The lowest BCUT2D eigenvalue weighted by atomic mass is 9.52. The quantitative estimate of drug-likeness (QED) is 0.655. The first-order valence-corrected chi connectivity index (χ1v) is 5.05. The van der Waals surface area contributed by atoms with E-state index in [0.717, 1.165) is 17.9 Å². The zero-order valence-corrected chi connectivity index (χ0v) is 7.53. The maximum absolute atomic E-state index is 3.44. The van der Waals surface area contributed by atoms with Crippen molar-refractivity contribution in [1.29, 1.82) is 0 Å². The van der Waals surface area contributed by atoms with Crippen molar-refractivity contribution in [1.82, 2.24) is 5.32 Å².